The van der Waals surface area contributed by atoms with Gasteiger partial charge in [-0.25, -0.2) is 0 Å². The number of aliphatic hydroxyl groups is 1. The van der Waals surface area contributed by atoms with E-state index in [4.69, 9.17) is 4.42 Å². The minimum absolute atomic E-state index is 0.347. The molecular formula is C17H23NO2. The average Bonchev–Trinajstić information content (AvgIpc) is 2.95. The van der Waals surface area contributed by atoms with E-state index in [9.17, 15) is 5.11 Å². The van der Waals surface area contributed by atoms with Gasteiger partial charge in [0.2, 0.25) is 0 Å². The number of hydrogen-bond acceptors (Lipinski definition) is 3. The molecule has 108 valence electrons. The van der Waals surface area contributed by atoms with Crippen molar-refractivity contribution < 1.29 is 9.52 Å². The molecule has 2 N–H and O–H groups in total. The third-order valence-corrected chi connectivity index (χ3v) is 3.49. The number of rotatable bonds is 7. The maximum Gasteiger partial charge on any atom is 0.103 e. The first-order valence-electron chi connectivity index (χ1n) is 7.15. The molecule has 0 saturated carbocycles. The molecule has 2 rings (SSSR count). The molecule has 0 aliphatic rings. The zero-order valence-electron chi connectivity index (χ0n) is 12.2. The van der Waals surface area contributed by atoms with Crippen LogP contribution in [-0.4, -0.2) is 17.7 Å². The van der Waals surface area contributed by atoms with E-state index in [-0.39, 0.29) is 0 Å². The summed E-state index contributed by atoms with van der Waals surface area (Å²) >= 11 is 0. The van der Waals surface area contributed by atoms with Gasteiger partial charge in [-0.15, -0.1) is 0 Å². The number of aryl methyl sites for hydroxylation is 2. The SMILES string of the molecule is Cc1cccc(C(O)CNC(C)CCc2ccco2)c1. The van der Waals surface area contributed by atoms with Crippen LogP contribution in [0.1, 0.15) is 36.3 Å². The molecular weight excluding hydrogens is 250 g/mol. The third kappa shape index (κ3) is 4.51. The number of furan rings is 1. The lowest BCUT2D eigenvalue weighted by Crippen LogP contribution is -2.30. The minimum atomic E-state index is -0.457. The van der Waals surface area contributed by atoms with Crippen LogP contribution in [0.4, 0.5) is 0 Å². The molecule has 0 amide bonds. The Morgan fingerprint density at radius 1 is 1.25 bits per heavy atom. The first-order valence-corrected chi connectivity index (χ1v) is 7.15. The normalized spacial score (nSPS) is 14.2. The maximum absolute atomic E-state index is 10.2. The van der Waals surface area contributed by atoms with Gasteiger partial charge in [-0.2, -0.15) is 0 Å². The molecule has 2 aromatic rings. The number of benzene rings is 1. The van der Waals surface area contributed by atoms with Crippen LogP contribution in [0.3, 0.4) is 0 Å². The van der Waals surface area contributed by atoms with E-state index in [0.29, 0.717) is 12.6 Å². The Labute approximate surface area is 120 Å². The molecule has 0 bridgehead atoms. The van der Waals surface area contributed by atoms with Crippen molar-refractivity contribution in [1.82, 2.24) is 5.32 Å². The molecule has 3 nitrogen and oxygen atoms in total. The van der Waals surface area contributed by atoms with Crippen LogP contribution in [0.15, 0.2) is 47.1 Å². The Morgan fingerprint density at radius 3 is 2.80 bits per heavy atom. The summed E-state index contributed by atoms with van der Waals surface area (Å²) in [5, 5.41) is 13.5. The highest BCUT2D eigenvalue weighted by molar-refractivity contribution is 5.24. The number of hydrogen-bond donors (Lipinski definition) is 2. The Hall–Kier alpha value is -1.58. The van der Waals surface area contributed by atoms with Crippen LogP contribution in [-0.2, 0) is 6.42 Å². The molecule has 2 unspecified atom stereocenters. The van der Waals surface area contributed by atoms with Crippen molar-refractivity contribution in [3.8, 4) is 0 Å². The number of aliphatic hydroxyl groups excluding tert-OH is 1. The van der Waals surface area contributed by atoms with Gasteiger partial charge < -0.3 is 14.8 Å². The van der Waals surface area contributed by atoms with Crippen LogP contribution in [0.25, 0.3) is 0 Å². The Morgan fingerprint density at radius 2 is 2.10 bits per heavy atom. The average molecular weight is 273 g/mol. The quantitative estimate of drug-likeness (QED) is 0.814. The van der Waals surface area contributed by atoms with Crippen molar-refractivity contribution in [3.63, 3.8) is 0 Å². The highest BCUT2D eigenvalue weighted by atomic mass is 16.3. The Kier molecular flexibility index (Phi) is 5.39. The molecule has 0 spiro atoms. The molecule has 1 aromatic carbocycles. The van der Waals surface area contributed by atoms with Gasteiger partial charge in [0.05, 0.1) is 12.4 Å². The Balaban J connectivity index is 1.73. The smallest absolute Gasteiger partial charge is 0.103 e. The van der Waals surface area contributed by atoms with Gasteiger partial charge in [0.15, 0.2) is 0 Å². The first kappa shape index (κ1) is 14.8. The fourth-order valence-electron chi connectivity index (χ4n) is 2.22. The predicted octanol–water partition coefficient (Wildman–Crippen LogP) is 3.23. The van der Waals surface area contributed by atoms with Gasteiger partial charge in [0.25, 0.3) is 0 Å². The van der Waals surface area contributed by atoms with Gasteiger partial charge in [0.1, 0.15) is 5.76 Å². The van der Waals surface area contributed by atoms with E-state index in [1.54, 1.807) is 6.26 Å². The van der Waals surface area contributed by atoms with Crippen molar-refractivity contribution in [2.75, 3.05) is 6.54 Å². The summed E-state index contributed by atoms with van der Waals surface area (Å²) in [6.07, 6.45) is 3.16. The topological polar surface area (TPSA) is 45.4 Å². The first-order chi connectivity index (χ1) is 9.65. The molecule has 20 heavy (non-hydrogen) atoms. The van der Waals surface area contributed by atoms with E-state index < -0.39 is 6.10 Å². The summed E-state index contributed by atoms with van der Waals surface area (Å²) in [6, 6.07) is 12.3. The van der Waals surface area contributed by atoms with Gasteiger partial charge in [0, 0.05) is 19.0 Å². The molecule has 1 heterocycles. The second-order valence-corrected chi connectivity index (χ2v) is 5.36. The van der Waals surface area contributed by atoms with Crippen molar-refractivity contribution in [2.45, 2.75) is 38.8 Å². The van der Waals surface area contributed by atoms with Gasteiger partial charge in [-0.1, -0.05) is 29.8 Å². The van der Waals surface area contributed by atoms with Gasteiger partial charge in [-0.05, 0) is 38.0 Å². The summed E-state index contributed by atoms with van der Waals surface area (Å²) < 4.78 is 5.31. The minimum Gasteiger partial charge on any atom is -0.469 e. The zero-order valence-corrected chi connectivity index (χ0v) is 12.2. The molecule has 2 atom stereocenters. The van der Waals surface area contributed by atoms with Crippen LogP contribution in [0.5, 0.6) is 0 Å². The monoisotopic (exact) mass is 273 g/mol. The summed E-state index contributed by atoms with van der Waals surface area (Å²) in [6.45, 7) is 4.74. The standard InChI is InChI=1S/C17H23NO2/c1-13-5-3-6-15(11-13)17(19)12-18-14(2)8-9-16-7-4-10-20-16/h3-7,10-11,14,17-19H,8-9,12H2,1-2H3. The van der Waals surface area contributed by atoms with E-state index in [2.05, 4.69) is 12.2 Å². The lowest BCUT2D eigenvalue weighted by atomic mass is 10.1. The lowest BCUT2D eigenvalue weighted by molar-refractivity contribution is 0.170. The highest BCUT2D eigenvalue weighted by Crippen LogP contribution is 2.14. The van der Waals surface area contributed by atoms with Crippen molar-refractivity contribution in [3.05, 3.63) is 59.5 Å². The summed E-state index contributed by atoms with van der Waals surface area (Å²) in [5.74, 6) is 1.01. The Bertz CT molecular complexity index is 507. The van der Waals surface area contributed by atoms with E-state index >= 15 is 0 Å². The van der Waals surface area contributed by atoms with Crippen LogP contribution < -0.4 is 5.32 Å². The summed E-state index contributed by atoms with van der Waals surface area (Å²) in [7, 11) is 0. The third-order valence-electron chi connectivity index (χ3n) is 3.49. The van der Waals surface area contributed by atoms with Crippen LogP contribution >= 0.6 is 0 Å². The van der Waals surface area contributed by atoms with E-state index in [0.717, 1.165) is 24.2 Å². The highest BCUT2D eigenvalue weighted by Gasteiger charge is 2.10. The molecule has 0 saturated heterocycles. The second-order valence-electron chi connectivity index (χ2n) is 5.36. The molecule has 0 aliphatic carbocycles. The lowest BCUT2D eigenvalue weighted by Gasteiger charge is -2.17. The fraction of sp³-hybridized carbons (Fsp3) is 0.412. The second kappa shape index (κ2) is 7.27. The van der Waals surface area contributed by atoms with Crippen molar-refractivity contribution in [1.29, 1.82) is 0 Å². The van der Waals surface area contributed by atoms with Gasteiger partial charge in [-0.3, -0.25) is 0 Å². The molecule has 0 radical (unpaired) electrons. The zero-order chi connectivity index (χ0) is 14.4. The molecule has 3 heteroatoms. The summed E-state index contributed by atoms with van der Waals surface area (Å²) in [5.41, 5.74) is 2.14. The molecule has 0 aliphatic heterocycles. The molecule has 0 fully saturated rings. The molecule has 1 aromatic heterocycles. The number of nitrogens with one attached hydrogen (secondary N) is 1. The maximum atomic E-state index is 10.2. The van der Waals surface area contributed by atoms with Gasteiger partial charge >= 0.3 is 0 Å². The summed E-state index contributed by atoms with van der Waals surface area (Å²) in [4.78, 5) is 0. The predicted molar refractivity (Wildman–Crippen MR) is 80.6 cm³/mol. The van der Waals surface area contributed by atoms with Crippen LogP contribution in [0, 0.1) is 6.92 Å². The largest absolute Gasteiger partial charge is 0.469 e. The van der Waals surface area contributed by atoms with Crippen molar-refractivity contribution in [2.24, 2.45) is 0 Å². The van der Waals surface area contributed by atoms with Crippen LogP contribution in [0.2, 0.25) is 0 Å². The van der Waals surface area contributed by atoms with E-state index in [1.165, 1.54) is 5.56 Å². The van der Waals surface area contributed by atoms with Crippen molar-refractivity contribution >= 4 is 0 Å². The van der Waals surface area contributed by atoms with E-state index in [1.807, 2.05) is 43.3 Å². The fourth-order valence-corrected chi connectivity index (χ4v) is 2.22.